The van der Waals surface area contributed by atoms with Gasteiger partial charge in [0.1, 0.15) is 0 Å². The van der Waals surface area contributed by atoms with E-state index in [1.807, 2.05) is 0 Å². The molecule has 1 fully saturated rings. The van der Waals surface area contributed by atoms with Crippen LogP contribution in [0, 0.1) is 0 Å². The molecule has 82 valence electrons. The maximum absolute atomic E-state index is 5.96. The van der Waals surface area contributed by atoms with Crippen molar-refractivity contribution in [2.45, 2.75) is 18.9 Å². The SMILES string of the molecule is NC1CCN(c2cc(Cl)nnc2Cl)CC1. The summed E-state index contributed by atoms with van der Waals surface area (Å²) < 4.78 is 0. The lowest BCUT2D eigenvalue weighted by molar-refractivity contribution is 0.501. The highest BCUT2D eigenvalue weighted by atomic mass is 35.5. The summed E-state index contributed by atoms with van der Waals surface area (Å²) in [5.41, 5.74) is 6.68. The molecule has 0 aliphatic carbocycles. The number of hydrogen-bond acceptors (Lipinski definition) is 4. The highest BCUT2D eigenvalue weighted by molar-refractivity contribution is 6.33. The molecule has 0 spiro atoms. The highest BCUT2D eigenvalue weighted by Gasteiger charge is 2.19. The van der Waals surface area contributed by atoms with Gasteiger partial charge in [0.05, 0.1) is 5.69 Å². The molecule has 1 aromatic heterocycles. The van der Waals surface area contributed by atoms with Gasteiger partial charge in [0.15, 0.2) is 10.3 Å². The average Bonchev–Trinajstić information content (AvgIpc) is 2.23. The van der Waals surface area contributed by atoms with Crippen molar-refractivity contribution in [2.75, 3.05) is 18.0 Å². The molecule has 0 radical (unpaired) electrons. The zero-order valence-corrected chi connectivity index (χ0v) is 9.67. The maximum atomic E-state index is 5.96. The van der Waals surface area contributed by atoms with Gasteiger partial charge in [-0.15, -0.1) is 10.2 Å². The van der Waals surface area contributed by atoms with Crippen molar-refractivity contribution in [3.63, 3.8) is 0 Å². The minimum Gasteiger partial charge on any atom is -0.369 e. The van der Waals surface area contributed by atoms with Crippen molar-refractivity contribution in [3.05, 3.63) is 16.4 Å². The van der Waals surface area contributed by atoms with E-state index in [9.17, 15) is 0 Å². The molecule has 1 aromatic rings. The minimum atomic E-state index is 0.297. The van der Waals surface area contributed by atoms with Crippen LogP contribution in [0.2, 0.25) is 10.3 Å². The standard InChI is InChI=1S/C9H12Cl2N4/c10-8-5-7(9(11)14-13-8)15-3-1-6(12)2-4-15/h5-6H,1-4,12H2. The molecule has 4 nitrogen and oxygen atoms in total. The first-order valence-corrected chi connectivity index (χ1v) is 5.61. The molecule has 1 aliphatic heterocycles. The number of hydrogen-bond donors (Lipinski definition) is 1. The molecule has 0 bridgehead atoms. The van der Waals surface area contributed by atoms with Gasteiger partial charge in [0, 0.05) is 25.2 Å². The van der Waals surface area contributed by atoms with Gasteiger partial charge in [-0.25, -0.2) is 0 Å². The molecule has 15 heavy (non-hydrogen) atoms. The lowest BCUT2D eigenvalue weighted by Gasteiger charge is -2.32. The first kappa shape index (κ1) is 10.9. The number of piperidine rings is 1. The summed E-state index contributed by atoms with van der Waals surface area (Å²) >= 11 is 11.7. The molecule has 0 aromatic carbocycles. The minimum absolute atomic E-state index is 0.297. The lowest BCUT2D eigenvalue weighted by Crippen LogP contribution is -2.39. The van der Waals surface area contributed by atoms with Gasteiger partial charge >= 0.3 is 0 Å². The normalized spacial score (nSPS) is 18.2. The van der Waals surface area contributed by atoms with Crippen molar-refractivity contribution in [3.8, 4) is 0 Å². The summed E-state index contributed by atoms with van der Waals surface area (Å²) in [7, 11) is 0. The third-order valence-corrected chi connectivity index (χ3v) is 3.03. The van der Waals surface area contributed by atoms with Crippen LogP contribution in [0.15, 0.2) is 6.07 Å². The van der Waals surface area contributed by atoms with Crippen molar-refractivity contribution >= 4 is 28.9 Å². The van der Waals surface area contributed by atoms with E-state index in [1.165, 1.54) is 0 Å². The Morgan fingerprint density at radius 1 is 1.27 bits per heavy atom. The monoisotopic (exact) mass is 246 g/mol. The molecule has 0 atom stereocenters. The van der Waals surface area contributed by atoms with Gasteiger partial charge < -0.3 is 10.6 Å². The molecule has 2 N–H and O–H groups in total. The number of rotatable bonds is 1. The van der Waals surface area contributed by atoms with E-state index in [1.54, 1.807) is 6.07 Å². The van der Waals surface area contributed by atoms with Crippen molar-refractivity contribution in [1.29, 1.82) is 0 Å². The Bertz CT molecular complexity index is 350. The molecule has 0 amide bonds. The summed E-state index contributed by atoms with van der Waals surface area (Å²) in [6, 6.07) is 2.04. The molecule has 1 aliphatic rings. The topological polar surface area (TPSA) is 55.0 Å². The van der Waals surface area contributed by atoms with Gasteiger partial charge in [0.25, 0.3) is 0 Å². The highest BCUT2D eigenvalue weighted by Crippen LogP contribution is 2.27. The van der Waals surface area contributed by atoms with Crippen LogP contribution in [0.1, 0.15) is 12.8 Å². The molecular formula is C9H12Cl2N4. The predicted octanol–water partition coefficient (Wildman–Crippen LogP) is 1.71. The number of nitrogens with two attached hydrogens (primary N) is 1. The van der Waals surface area contributed by atoms with Gasteiger partial charge in [-0.1, -0.05) is 23.2 Å². The average molecular weight is 247 g/mol. The van der Waals surface area contributed by atoms with E-state index in [2.05, 4.69) is 15.1 Å². The number of aromatic nitrogens is 2. The van der Waals surface area contributed by atoms with Crippen LogP contribution in [-0.2, 0) is 0 Å². The van der Waals surface area contributed by atoms with E-state index in [0.29, 0.717) is 16.3 Å². The fraction of sp³-hybridized carbons (Fsp3) is 0.556. The van der Waals surface area contributed by atoms with E-state index < -0.39 is 0 Å². The zero-order chi connectivity index (χ0) is 10.8. The van der Waals surface area contributed by atoms with Crippen LogP contribution < -0.4 is 10.6 Å². The number of halogens is 2. The van der Waals surface area contributed by atoms with E-state index in [4.69, 9.17) is 28.9 Å². The fourth-order valence-corrected chi connectivity index (χ4v) is 2.06. The van der Waals surface area contributed by atoms with Gasteiger partial charge in [-0.05, 0) is 12.8 Å². The van der Waals surface area contributed by atoms with Crippen LogP contribution in [0.4, 0.5) is 5.69 Å². The van der Waals surface area contributed by atoms with E-state index >= 15 is 0 Å². The van der Waals surface area contributed by atoms with E-state index in [0.717, 1.165) is 31.6 Å². The zero-order valence-electron chi connectivity index (χ0n) is 8.16. The fourth-order valence-electron chi connectivity index (χ4n) is 1.71. The Morgan fingerprint density at radius 3 is 2.60 bits per heavy atom. The second kappa shape index (κ2) is 4.51. The molecule has 6 heteroatoms. The first-order valence-electron chi connectivity index (χ1n) is 4.86. The maximum Gasteiger partial charge on any atom is 0.175 e. The van der Waals surface area contributed by atoms with Crippen LogP contribution >= 0.6 is 23.2 Å². The van der Waals surface area contributed by atoms with Crippen molar-refractivity contribution in [1.82, 2.24) is 10.2 Å². The Balaban J connectivity index is 2.18. The van der Waals surface area contributed by atoms with Gasteiger partial charge in [0.2, 0.25) is 0 Å². The lowest BCUT2D eigenvalue weighted by atomic mass is 10.1. The Morgan fingerprint density at radius 2 is 1.93 bits per heavy atom. The second-order valence-electron chi connectivity index (χ2n) is 3.67. The summed E-state index contributed by atoms with van der Waals surface area (Å²) in [4.78, 5) is 2.15. The van der Waals surface area contributed by atoms with Crippen molar-refractivity contribution < 1.29 is 0 Å². The van der Waals surface area contributed by atoms with Crippen LogP contribution in [0.5, 0.6) is 0 Å². The summed E-state index contributed by atoms with van der Waals surface area (Å²) in [6.07, 6.45) is 1.94. The third kappa shape index (κ3) is 2.51. The largest absolute Gasteiger partial charge is 0.369 e. The molecule has 0 unspecified atom stereocenters. The summed E-state index contributed by atoms with van der Waals surface area (Å²) in [5.74, 6) is 0. The van der Waals surface area contributed by atoms with Crippen LogP contribution in [0.3, 0.4) is 0 Å². The third-order valence-electron chi connectivity index (χ3n) is 2.58. The Hall–Kier alpha value is -0.580. The smallest absolute Gasteiger partial charge is 0.175 e. The van der Waals surface area contributed by atoms with Gasteiger partial charge in [-0.3, -0.25) is 0 Å². The Kier molecular flexibility index (Phi) is 3.29. The van der Waals surface area contributed by atoms with E-state index in [-0.39, 0.29) is 0 Å². The quantitative estimate of drug-likeness (QED) is 0.820. The second-order valence-corrected chi connectivity index (χ2v) is 4.41. The van der Waals surface area contributed by atoms with Crippen LogP contribution in [-0.4, -0.2) is 29.3 Å². The molecule has 2 rings (SSSR count). The van der Waals surface area contributed by atoms with Gasteiger partial charge in [-0.2, -0.15) is 0 Å². The number of nitrogens with zero attached hydrogens (tertiary/aromatic N) is 3. The number of anilines is 1. The predicted molar refractivity (Wildman–Crippen MR) is 61.5 cm³/mol. The van der Waals surface area contributed by atoms with Crippen LogP contribution in [0.25, 0.3) is 0 Å². The first-order chi connectivity index (χ1) is 7.16. The molecule has 2 heterocycles. The molecule has 1 saturated heterocycles. The summed E-state index contributed by atoms with van der Waals surface area (Å²) in [6.45, 7) is 1.78. The van der Waals surface area contributed by atoms with Crippen molar-refractivity contribution in [2.24, 2.45) is 5.73 Å². The molecular weight excluding hydrogens is 235 g/mol. The molecule has 0 saturated carbocycles. The summed E-state index contributed by atoms with van der Waals surface area (Å²) in [5, 5.41) is 8.23. The Labute approximate surface area is 98.4 Å².